The fourth-order valence-electron chi connectivity index (χ4n) is 2.38. The summed E-state index contributed by atoms with van der Waals surface area (Å²) in [4.78, 5) is 4.32. The number of nitrogens with zero attached hydrogens (tertiary/aromatic N) is 6. The molecule has 10 heteroatoms. The Kier molecular flexibility index (Phi) is 4.79. The molecule has 4 aromatic rings. The second kappa shape index (κ2) is 7.54. The highest BCUT2D eigenvalue weighted by Gasteiger charge is 2.15. The highest BCUT2D eigenvalue weighted by molar-refractivity contribution is 7.98. The van der Waals surface area contributed by atoms with E-state index in [2.05, 4.69) is 25.7 Å². The lowest BCUT2D eigenvalue weighted by Gasteiger charge is -2.08. The Bertz CT molecular complexity index is 1050. The van der Waals surface area contributed by atoms with E-state index in [1.807, 2.05) is 24.3 Å². The lowest BCUT2D eigenvalue weighted by atomic mass is 10.2. The van der Waals surface area contributed by atoms with Crippen molar-refractivity contribution in [2.75, 3.05) is 7.11 Å². The van der Waals surface area contributed by atoms with E-state index in [1.54, 1.807) is 23.9 Å². The van der Waals surface area contributed by atoms with Gasteiger partial charge in [0.25, 0.3) is 5.89 Å². The maximum Gasteiger partial charge on any atom is 0.257 e. The summed E-state index contributed by atoms with van der Waals surface area (Å²) in [5.41, 5.74) is 1.38. The number of aromatic nitrogens is 6. The monoisotopic (exact) mass is 384 g/mol. The van der Waals surface area contributed by atoms with Crippen molar-refractivity contribution in [1.29, 1.82) is 0 Å². The predicted octanol–water partition coefficient (Wildman–Crippen LogP) is 3.15. The van der Waals surface area contributed by atoms with Crippen molar-refractivity contribution in [1.82, 2.24) is 30.3 Å². The van der Waals surface area contributed by atoms with Crippen LogP contribution >= 0.6 is 11.8 Å². The van der Waals surface area contributed by atoms with E-state index in [4.69, 9.17) is 9.26 Å². The molecule has 4 rings (SSSR count). The van der Waals surface area contributed by atoms with Crippen LogP contribution in [0.5, 0.6) is 5.75 Å². The van der Waals surface area contributed by atoms with E-state index < -0.39 is 0 Å². The summed E-state index contributed by atoms with van der Waals surface area (Å²) in [6, 6.07) is 13.3. The van der Waals surface area contributed by atoms with Crippen LogP contribution in [0.25, 0.3) is 17.1 Å². The van der Waals surface area contributed by atoms with Crippen LogP contribution in [0.15, 0.2) is 58.2 Å². The third-order valence-corrected chi connectivity index (χ3v) is 4.56. The number of methoxy groups -OCH3 is 1. The summed E-state index contributed by atoms with van der Waals surface area (Å²) in [6.45, 7) is 0. The van der Waals surface area contributed by atoms with Crippen molar-refractivity contribution < 1.29 is 13.7 Å². The lowest BCUT2D eigenvalue weighted by molar-refractivity contribution is 0.410. The van der Waals surface area contributed by atoms with E-state index in [1.165, 1.54) is 23.9 Å². The maximum atomic E-state index is 13.0. The molecular formula is C17H13FN6O2S. The van der Waals surface area contributed by atoms with Gasteiger partial charge in [-0.15, -0.1) is 5.10 Å². The van der Waals surface area contributed by atoms with Gasteiger partial charge in [-0.3, -0.25) is 0 Å². The molecule has 0 aliphatic carbocycles. The Labute approximate surface area is 157 Å². The van der Waals surface area contributed by atoms with Crippen LogP contribution < -0.4 is 4.74 Å². The number of hydrogen-bond donors (Lipinski definition) is 0. The van der Waals surface area contributed by atoms with Gasteiger partial charge >= 0.3 is 0 Å². The average Bonchev–Trinajstić information content (AvgIpc) is 3.36. The minimum atomic E-state index is -0.322. The predicted molar refractivity (Wildman–Crippen MR) is 95.0 cm³/mol. The summed E-state index contributed by atoms with van der Waals surface area (Å²) < 4.78 is 25.2. The number of benzene rings is 2. The molecule has 0 spiro atoms. The highest BCUT2D eigenvalue weighted by atomic mass is 32.2. The molecule has 0 aliphatic heterocycles. The number of ether oxygens (including phenoxy) is 1. The SMILES string of the molecule is COc1ccccc1-n1nnnc1SCc1noc(-c2ccc(F)cc2)n1. The largest absolute Gasteiger partial charge is 0.494 e. The fraction of sp³-hybridized carbons (Fsp3) is 0.118. The van der Waals surface area contributed by atoms with Gasteiger partial charge in [0.15, 0.2) is 5.82 Å². The number of thioether (sulfide) groups is 1. The van der Waals surface area contributed by atoms with E-state index in [9.17, 15) is 4.39 Å². The third-order valence-electron chi connectivity index (χ3n) is 3.64. The smallest absolute Gasteiger partial charge is 0.257 e. The first kappa shape index (κ1) is 17.2. The zero-order valence-electron chi connectivity index (χ0n) is 14.1. The Morgan fingerprint density at radius 1 is 1.15 bits per heavy atom. The molecule has 27 heavy (non-hydrogen) atoms. The number of rotatable bonds is 6. The number of para-hydroxylation sites is 2. The number of hydrogen-bond acceptors (Lipinski definition) is 8. The molecule has 0 saturated carbocycles. The van der Waals surface area contributed by atoms with Gasteiger partial charge in [-0.2, -0.15) is 9.67 Å². The van der Waals surface area contributed by atoms with Crippen molar-refractivity contribution in [2.24, 2.45) is 0 Å². The summed E-state index contributed by atoms with van der Waals surface area (Å²) in [5.74, 6) is 1.55. The molecule has 2 aromatic carbocycles. The molecule has 0 radical (unpaired) electrons. The van der Waals surface area contributed by atoms with Gasteiger partial charge in [-0.25, -0.2) is 4.39 Å². The van der Waals surface area contributed by atoms with E-state index in [0.717, 1.165) is 5.69 Å². The van der Waals surface area contributed by atoms with Crippen molar-refractivity contribution in [3.05, 3.63) is 60.2 Å². The fourth-order valence-corrected chi connectivity index (χ4v) is 3.10. The van der Waals surface area contributed by atoms with Crippen LogP contribution in [0.4, 0.5) is 4.39 Å². The molecule has 0 aliphatic rings. The number of halogens is 1. The Morgan fingerprint density at radius 3 is 2.78 bits per heavy atom. The minimum Gasteiger partial charge on any atom is -0.494 e. The van der Waals surface area contributed by atoms with E-state index >= 15 is 0 Å². The highest BCUT2D eigenvalue weighted by Crippen LogP contribution is 2.27. The second-order valence-electron chi connectivity index (χ2n) is 5.36. The average molecular weight is 384 g/mol. The van der Waals surface area contributed by atoms with Gasteiger partial charge < -0.3 is 9.26 Å². The van der Waals surface area contributed by atoms with Crippen LogP contribution in [0.3, 0.4) is 0 Å². The van der Waals surface area contributed by atoms with E-state index in [0.29, 0.717) is 33.9 Å². The molecule has 0 fully saturated rings. The zero-order chi connectivity index (χ0) is 18.6. The normalized spacial score (nSPS) is 10.9. The number of tetrazole rings is 1. The van der Waals surface area contributed by atoms with Crippen LogP contribution in [0, 0.1) is 5.82 Å². The Morgan fingerprint density at radius 2 is 1.96 bits per heavy atom. The van der Waals surface area contributed by atoms with Crippen LogP contribution in [0.2, 0.25) is 0 Å². The topological polar surface area (TPSA) is 91.8 Å². The first-order valence-electron chi connectivity index (χ1n) is 7.87. The molecule has 0 saturated heterocycles. The molecule has 0 bridgehead atoms. The van der Waals surface area contributed by atoms with Crippen LogP contribution in [0.1, 0.15) is 5.82 Å². The Balaban J connectivity index is 1.51. The first-order chi connectivity index (χ1) is 13.2. The maximum absolute atomic E-state index is 13.0. The summed E-state index contributed by atoms with van der Waals surface area (Å²) in [6.07, 6.45) is 0. The molecule has 8 nitrogen and oxygen atoms in total. The van der Waals surface area contributed by atoms with Gasteiger partial charge in [0.2, 0.25) is 5.16 Å². The molecule has 0 atom stereocenters. The third kappa shape index (κ3) is 3.65. The van der Waals surface area contributed by atoms with Gasteiger partial charge in [-0.1, -0.05) is 29.1 Å². The van der Waals surface area contributed by atoms with Gasteiger partial charge in [0, 0.05) is 5.56 Å². The van der Waals surface area contributed by atoms with Crippen molar-refractivity contribution in [2.45, 2.75) is 10.9 Å². The summed E-state index contributed by atoms with van der Waals surface area (Å²) >= 11 is 1.36. The van der Waals surface area contributed by atoms with Crippen LogP contribution in [-0.4, -0.2) is 37.5 Å². The quantitative estimate of drug-likeness (QED) is 0.468. The van der Waals surface area contributed by atoms with Gasteiger partial charge in [0.05, 0.1) is 12.9 Å². The van der Waals surface area contributed by atoms with Gasteiger partial charge in [-0.05, 0) is 46.8 Å². The summed E-state index contributed by atoms with van der Waals surface area (Å²) in [5, 5.41) is 16.3. The van der Waals surface area contributed by atoms with Crippen molar-refractivity contribution >= 4 is 11.8 Å². The van der Waals surface area contributed by atoms with E-state index in [-0.39, 0.29) is 5.82 Å². The molecule has 0 unspecified atom stereocenters. The zero-order valence-corrected chi connectivity index (χ0v) is 14.9. The second-order valence-corrected chi connectivity index (χ2v) is 6.30. The first-order valence-corrected chi connectivity index (χ1v) is 8.86. The molecule has 136 valence electrons. The standard InChI is InChI=1S/C17H13FN6O2S/c1-25-14-5-3-2-4-13(14)24-17(20-22-23-24)27-10-15-19-16(26-21-15)11-6-8-12(18)9-7-11/h2-9H,10H2,1H3. The van der Waals surface area contributed by atoms with Crippen molar-refractivity contribution in [3.8, 4) is 22.9 Å². The Hall–Kier alpha value is -3.27. The molecule has 2 heterocycles. The van der Waals surface area contributed by atoms with Crippen LogP contribution in [-0.2, 0) is 5.75 Å². The molecular weight excluding hydrogens is 371 g/mol. The molecule has 0 N–H and O–H groups in total. The molecule has 0 amide bonds. The lowest BCUT2D eigenvalue weighted by Crippen LogP contribution is -2.02. The molecule has 2 aromatic heterocycles. The minimum absolute atomic E-state index is 0.322. The van der Waals surface area contributed by atoms with Crippen molar-refractivity contribution in [3.63, 3.8) is 0 Å². The summed E-state index contributed by atoms with van der Waals surface area (Å²) in [7, 11) is 1.59. The van der Waals surface area contributed by atoms with Gasteiger partial charge in [0.1, 0.15) is 17.3 Å².